The summed E-state index contributed by atoms with van der Waals surface area (Å²) in [6, 6.07) is 5.52. The lowest BCUT2D eigenvalue weighted by Gasteiger charge is -2.18. The van der Waals surface area contributed by atoms with Gasteiger partial charge in [-0.15, -0.1) is 0 Å². The fraction of sp³-hybridized carbons (Fsp3) is 0.550. The average Bonchev–Trinajstić information content (AvgIpc) is 2.59. The van der Waals surface area contributed by atoms with Crippen molar-refractivity contribution in [3.63, 3.8) is 0 Å². The smallest absolute Gasteiger partial charge is 0.297 e. The Labute approximate surface area is 149 Å². The third kappa shape index (κ3) is 4.47. The van der Waals surface area contributed by atoms with Crippen LogP contribution in [0.25, 0.3) is 10.9 Å². The summed E-state index contributed by atoms with van der Waals surface area (Å²) in [6.07, 6.45) is 4.12. The molecule has 0 saturated carbocycles. The van der Waals surface area contributed by atoms with Crippen molar-refractivity contribution in [2.45, 2.75) is 46.5 Å². The molecule has 0 aliphatic heterocycles. The van der Waals surface area contributed by atoms with Gasteiger partial charge in [-0.3, -0.25) is 4.79 Å². The maximum absolute atomic E-state index is 12.8. The van der Waals surface area contributed by atoms with Crippen LogP contribution in [0.5, 0.6) is 11.5 Å². The SMILES string of the molecule is CCCCOc1c(OCC(C)CCC)c(=O)n(C)c2cc(N)ccc12. The Kier molecular flexibility index (Phi) is 6.73. The van der Waals surface area contributed by atoms with Crippen molar-refractivity contribution in [2.24, 2.45) is 13.0 Å². The van der Waals surface area contributed by atoms with Crippen LogP contribution < -0.4 is 20.8 Å². The fourth-order valence-corrected chi connectivity index (χ4v) is 2.89. The minimum Gasteiger partial charge on any atom is -0.489 e. The van der Waals surface area contributed by atoms with Crippen molar-refractivity contribution >= 4 is 16.6 Å². The molecule has 2 N–H and O–H groups in total. The number of benzene rings is 1. The zero-order chi connectivity index (χ0) is 18.4. The number of nitrogen functional groups attached to an aromatic ring is 1. The third-order valence-corrected chi connectivity index (χ3v) is 4.37. The number of pyridine rings is 1. The van der Waals surface area contributed by atoms with E-state index in [2.05, 4.69) is 20.8 Å². The number of anilines is 1. The molecular weight excluding hydrogens is 316 g/mol. The van der Waals surface area contributed by atoms with Crippen LogP contribution in [-0.2, 0) is 7.05 Å². The maximum atomic E-state index is 12.8. The van der Waals surface area contributed by atoms with E-state index in [0.717, 1.165) is 36.6 Å². The quantitative estimate of drug-likeness (QED) is 0.548. The predicted molar refractivity (Wildman–Crippen MR) is 104 cm³/mol. The second-order valence-electron chi connectivity index (χ2n) is 6.71. The zero-order valence-electron chi connectivity index (χ0n) is 15.8. The van der Waals surface area contributed by atoms with E-state index in [0.29, 0.717) is 36.3 Å². The molecule has 1 aromatic carbocycles. The average molecular weight is 346 g/mol. The van der Waals surface area contributed by atoms with Gasteiger partial charge in [0.2, 0.25) is 5.75 Å². The van der Waals surface area contributed by atoms with Gasteiger partial charge in [-0.05, 0) is 37.0 Å². The Balaban J connectivity index is 2.49. The molecular formula is C20H30N2O3. The molecule has 1 unspecified atom stereocenters. The molecule has 1 aromatic heterocycles. The second kappa shape index (κ2) is 8.79. The monoisotopic (exact) mass is 346 g/mol. The summed E-state index contributed by atoms with van der Waals surface area (Å²) in [7, 11) is 1.74. The van der Waals surface area contributed by atoms with Gasteiger partial charge in [0.1, 0.15) is 0 Å². The highest BCUT2D eigenvalue weighted by atomic mass is 16.5. The van der Waals surface area contributed by atoms with Crippen molar-refractivity contribution in [1.29, 1.82) is 0 Å². The van der Waals surface area contributed by atoms with Crippen molar-refractivity contribution in [1.82, 2.24) is 4.57 Å². The number of nitrogens with two attached hydrogens (primary N) is 1. The predicted octanol–water partition coefficient (Wildman–Crippen LogP) is 4.11. The summed E-state index contributed by atoms with van der Waals surface area (Å²) in [6.45, 7) is 7.45. The van der Waals surface area contributed by atoms with Gasteiger partial charge in [0, 0.05) is 18.1 Å². The highest BCUT2D eigenvalue weighted by molar-refractivity contribution is 5.90. The minimum atomic E-state index is -0.187. The van der Waals surface area contributed by atoms with Crippen molar-refractivity contribution < 1.29 is 9.47 Å². The molecule has 1 atom stereocenters. The number of nitrogens with zero attached hydrogens (tertiary/aromatic N) is 1. The Morgan fingerprint density at radius 3 is 2.60 bits per heavy atom. The number of rotatable bonds is 9. The Morgan fingerprint density at radius 1 is 1.16 bits per heavy atom. The molecule has 0 bridgehead atoms. The lowest BCUT2D eigenvalue weighted by molar-refractivity contribution is 0.227. The van der Waals surface area contributed by atoms with Gasteiger partial charge >= 0.3 is 0 Å². The van der Waals surface area contributed by atoms with Crippen LogP contribution >= 0.6 is 0 Å². The van der Waals surface area contributed by atoms with E-state index in [9.17, 15) is 4.79 Å². The number of aromatic nitrogens is 1. The number of ether oxygens (including phenoxy) is 2. The van der Waals surface area contributed by atoms with Crippen LogP contribution in [0.2, 0.25) is 0 Å². The number of hydrogen-bond acceptors (Lipinski definition) is 4. The van der Waals surface area contributed by atoms with Gasteiger partial charge in [0.15, 0.2) is 5.75 Å². The molecule has 0 spiro atoms. The molecule has 0 saturated heterocycles. The Hall–Kier alpha value is -2.17. The second-order valence-corrected chi connectivity index (χ2v) is 6.71. The van der Waals surface area contributed by atoms with Crippen LogP contribution in [0.1, 0.15) is 46.5 Å². The number of fused-ring (bicyclic) bond motifs is 1. The van der Waals surface area contributed by atoms with Crippen molar-refractivity contribution in [3.05, 3.63) is 28.6 Å². The highest BCUT2D eigenvalue weighted by Gasteiger charge is 2.19. The minimum absolute atomic E-state index is 0.187. The topological polar surface area (TPSA) is 66.5 Å². The number of unbranched alkanes of at least 4 members (excludes halogenated alkanes) is 1. The maximum Gasteiger partial charge on any atom is 0.297 e. The lowest BCUT2D eigenvalue weighted by Crippen LogP contribution is -2.23. The standard InChI is InChI=1S/C20H30N2O3/c1-5-7-11-24-18-16-10-9-15(21)12-17(16)22(4)20(23)19(18)25-13-14(3)8-6-2/h9-10,12,14H,5-8,11,13,21H2,1-4H3. The number of aryl methyl sites for hydroxylation is 1. The van der Waals surface area contributed by atoms with Gasteiger partial charge in [-0.1, -0.05) is 33.6 Å². The molecule has 0 radical (unpaired) electrons. The molecule has 0 aliphatic rings. The van der Waals surface area contributed by atoms with Gasteiger partial charge in [0.05, 0.1) is 18.7 Å². The first-order valence-electron chi connectivity index (χ1n) is 9.17. The van der Waals surface area contributed by atoms with Gasteiger partial charge < -0.3 is 19.8 Å². The van der Waals surface area contributed by atoms with Crippen molar-refractivity contribution in [2.75, 3.05) is 18.9 Å². The first kappa shape index (κ1) is 19.2. The van der Waals surface area contributed by atoms with Crippen LogP contribution in [0.15, 0.2) is 23.0 Å². The van der Waals surface area contributed by atoms with Crippen LogP contribution in [0, 0.1) is 5.92 Å². The van der Waals surface area contributed by atoms with Gasteiger partial charge in [-0.2, -0.15) is 0 Å². The highest BCUT2D eigenvalue weighted by Crippen LogP contribution is 2.34. The molecule has 5 heteroatoms. The van der Waals surface area contributed by atoms with Gasteiger partial charge in [-0.25, -0.2) is 0 Å². The molecule has 0 aliphatic carbocycles. The first-order chi connectivity index (χ1) is 12.0. The van der Waals surface area contributed by atoms with E-state index in [1.54, 1.807) is 17.7 Å². The normalized spacial score (nSPS) is 12.3. The van der Waals surface area contributed by atoms with E-state index in [1.165, 1.54) is 0 Å². The summed E-state index contributed by atoms with van der Waals surface area (Å²) in [4.78, 5) is 12.8. The third-order valence-electron chi connectivity index (χ3n) is 4.37. The summed E-state index contributed by atoms with van der Waals surface area (Å²) < 4.78 is 13.5. The number of hydrogen-bond donors (Lipinski definition) is 1. The van der Waals surface area contributed by atoms with E-state index in [1.807, 2.05) is 12.1 Å². The Morgan fingerprint density at radius 2 is 1.92 bits per heavy atom. The summed E-state index contributed by atoms with van der Waals surface area (Å²) in [5.74, 6) is 1.23. The van der Waals surface area contributed by atoms with E-state index in [4.69, 9.17) is 15.2 Å². The van der Waals surface area contributed by atoms with Crippen LogP contribution in [0.4, 0.5) is 5.69 Å². The molecule has 2 aromatic rings. The molecule has 0 amide bonds. The molecule has 1 heterocycles. The summed E-state index contributed by atoms with van der Waals surface area (Å²) >= 11 is 0. The summed E-state index contributed by atoms with van der Waals surface area (Å²) in [5, 5.41) is 0.852. The van der Waals surface area contributed by atoms with Crippen LogP contribution in [-0.4, -0.2) is 17.8 Å². The lowest BCUT2D eigenvalue weighted by atomic mass is 10.1. The largest absolute Gasteiger partial charge is 0.489 e. The summed E-state index contributed by atoms with van der Waals surface area (Å²) in [5.41, 5.74) is 7.08. The zero-order valence-corrected chi connectivity index (χ0v) is 15.8. The Bertz CT molecular complexity index is 768. The van der Waals surface area contributed by atoms with E-state index >= 15 is 0 Å². The first-order valence-corrected chi connectivity index (χ1v) is 9.17. The molecule has 2 rings (SSSR count). The van der Waals surface area contributed by atoms with Crippen molar-refractivity contribution in [3.8, 4) is 11.5 Å². The fourth-order valence-electron chi connectivity index (χ4n) is 2.89. The molecule has 25 heavy (non-hydrogen) atoms. The van der Waals surface area contributed by atoms with E-state index in [-0.39, 0.29) is 5.56 Å². The van der Waals surface area contributed by atoms with Crippen LogP contribution in [0.3, 0.4) is 0 Å². The molecule has 5 nitrogen and oxygen atoms in total. The molecule has 0 fully saturated rings. The van der Waals surface area contributed by atoms with E-state index < -0.39 is 0 Å². The molecule has 138 valence electrons. The van der Waals surface area contributed by atoms with Gasteiger partial charge in [0.25, 0.3) is 5.56 Å².